The highest BCUT2D eigenvalue weighted by atomic mass is 35.5. The standard InChI is InChI=1S/C14H20ClN/c1-2-16(12-8-4-3-5-9-12)14-11-7-6-10-13(14)15/h3-5,8-9,13-14H,2,6-7,10-11H2,1H3/t13-,14-/m0/s1. The van der Waals surface area contributed by atoms with E-state index in [-0.39, 0.29) is 0 Å². The van der Waals surface area contributed by atoms with Gasteiger partial charge < -0.3 is 4.90 Å². The number of halogens is 1. The molecular weight excluding hydrogens is 218 g/mol. The van der Waals surface area contributed by atoms with Crippen LogP contribution in [0.15, 0.2) is 30.3 Å². The molecule has 1 nitrogen and oxygen atoms in total. The van der Waals surface area contributed by atoms with Crippen LogP contribution in [0.3, 0.4) is 0 Å². The molecule has 0 radical (unpaired) electrons. The Morgan fingerprint density at radius 1 is 1.19 bits per heavy atom. The number of para-hydroxylation sites is 1. The number of rotatable bonds is 3. The van der Waals surface area contributed by atoms with Crippen LogP contribution >= 0.6 is 11.6 Å². The third kappa shape index (κ3) is 2.52. The summed E-state index contributed by atoms with van der Waals surface area (Å²) in [4.78, 5) is 2.46. The van der Waals surface area contributed by atoms with Gasteiger partial charge in [0.2, 0.25) is 0 Å². The molecule has 1 aromatic rings. The van der Waals surface area contributed by atoms with E-state index in [4.69, 9.17) is 11.6 Å². The van der Waals surface area contributed by atoms with Crippen molar-refractivity contribution in [1.29, 1.82) is 0 Å². The van der Waals surface area contributed by atoms with Gasteiger partial charge in [-0.2, -0.15) is 0 Å². The Labute approximate surface area is 103 Å². The smallest absolute Gasteiger partial charge is 0.0539 e. The minimum absolute atomic E-state index is 0.314. The van der Waals surface area contributed by atoms with E-state index in [0.717, 1.165) is 13.0 Å². The summed E-state index contributed by atoms with van der Waals surface area (Å²) in [6, 6.07) is 11.1. The van der Waals surface area contributed by atoms with Gasteiger partial charge in [-0.15, -0.1) is 11.6 Å². The number of hydrogen-bond acceptors (Lipinski definition) is 1. The molecule has 0 amide bonds. The van der Waals surface area contributed by atoms with Gasteiger partial charge in [0.25, 0.3) is 0 Å². The lowest BCUT2D eigenvalue weighted by Crippen LogP contribution is -2.43. The second kappa shape index (κ2) is 5.58. The van der Waals surface area contributed by atoms with Gasteiger partial charge in [0.05, 0.1) is 5.38 Å². The van der Waals surface area contributed by atoms with Gasteiger partial charge >= 0.3 is 0 Å². The first-order valence-corrected chi connectivity index (χ1v) is 6.72. The van der Waals surface area contributed by atoms with E-state index in [1.54, 1.807) is 0 Å². The molecule has 0 spiro atoms. The Morgan fingerprint density at radius 3 is 2.50 bits per heavy atom. The summed E-state index contributed by atoms with van der Waals surface area (Å²) in [5.41, 5.74) is 1.31. The zero-order chi connectivity index (χ0) is 11.4. The first-order valence-electron chi connectivity index (χ1n) is 6.28. The molecule has 1 fully saturated rings. The van der Waals surface area contributed by atoms with Crippen LogP contribution in [0.4, 0.5) is 5.69 Å². The van der Waals surface area contributed by atoms with Gasteiger partial charge in [-0.05, 0) is 31.9 Å². The Bertz CT molecular complexity index is 312. The number of nitrogens with zero attached hydrogens (tertiary/aromatic N) is 1. The summed E-state index contributed by atoms with van der Waals surface area (Å²) in [5, 5.41) is 0.314. The molecule has 0 unspecified atom stereocenters. The number of alkyl halides is 1. The van der Waals surface area contributed by atoms with E-state index < -0.39 is 0 Å². The zero-order valence-electron chi connectivity index (χ0n) is 9.90. The molecular formula is C14H20ClN. The topological polar surface area (TPSA) is 3.24 Å². The molecule has 1 aliphatic carbocycles. The van der Waals surface area contributed by atoms with Gasteiger partial charge in [0.1, 0.15) is 0 Å². The number of hydrogen-bond donors (Lipinski definition) is 0. The van der Waals surface area contributed by atoms with Crippen molar-refractivity contribution in [2.75, 3.05) is 11.4 Å². The van der Waals surface area contributed by atoms with Gasteiger partial charge in [0, 0.05) is 18.3 Å². The molecule has 1 saturated carbocycles. The van der Waals surface area contributed by atoms with Crippen LogP contribution < -0.4 is 4.90 Å². The summed E-state index contributed by atoms with van der Waals surface area (Å²) in [5.74, 6) is 0. The molecule has 2 atom stereocenters. The molecule has 2 rings (SSSR count). The second-order valence-corrected chi connectivity index (χ2v) is 5.05. The van der Waals surface area contributed by atoms with Crippen LogP contribution in [0.1, 0.15) is 32.6 Å². The van der Waals surface area contributed by atoms with Crippen molar-refractivity contribution in [2.45, 2.75) is 44.0 Å². The molecule has 88 valence electrons. The SMILES string of the molecule is CCN(c1ccccc1)[C@H]1CCCC[C@@H]1Cl. The van der Waals surface area contributed by atoms with Crippen LogP contribution in [0.25, 0.3) is 0 Å². The summed E-state index contributed by atoms with van der Waals surface area (Å²) in [6.45, 7) is 3.25. The van der Waals surface area contributed by atoms with Crippen LogP contribution in [0.2, 0.25) is 0 Å². The Morgan fingerprint density at radius 2 is 1.88 bits per heavy atom. The Balaban J connectivity index is 2.15. The van der Waals surface area contributed by atoms with E-state index in [1.807, 2.05) is 0 Å². The summed E-state index contributed by atoms with van der Waals surface area (Å²) in [6.07, 6.45) is 5.00. The average Bonchev–Trinajstić information content (AvgIpc) is 2.34. The monoisotopic (exact) mass is 237 g/mol. The average molecular weight is 238 g/mol. The molecule has 0 N–H and O–H groups in total. The second-order valence-electron chi connectivity index (χ2n) is 4.49. The maximum absolute atomic E-state index is 6.46. The third-order valence-electron chi connectivity index (χ3n) is 3.48. The van der Waals surface area contributed by atoms with Gasteiger partial charge in [-0.1, -0.05) is 31.0 Å². The van der Waals surface area contributed by atoms with Crippen molar-refractivity contribution >= 4 is 17.3 Å². The lowest BCUT2D eigenvalue weighted by molar-refractivity contribution is 0.424. The summed E-state index contributed by atoms with van der Waals surface area (Å²) in [7, 11) is 0. The fourth-order valence-corrected chi connectivity index (χ4v) is 3.06. The Kier molecular flexibility index (Phi) is 4.11. The maximum atomic E-state index is 6.46. The maximum Gasteiger partial charge on any atom is 0.0539 e. The van der Waals surface area contributed by atoms with Crippen molar-refractivity contribution in [2.24, 2.45) is 0 Å². The lowest BCUT2D eigenvalue weighted by atomic mass is 9.93. The van der Waals surface area contributed by atoms with E-state index in [1.165, 1.54) is 24.9 Å². The third-order valence-corrected chi connectivity index (χ3v) is 3.99. The first kappa shape index (κ1) is 11.8. The van der Waals surface area contributed by atoms with Gasteiger partial charge in [-0.25, -0.2) is 0 Å². The normalized spacial score (nSPS) is 25.4. The van der Waals surface area contributed by atoms with Crippen LogP contribution in [0, 0.1) is 0 Å². The minimum Gasteiger partial charge on any atom is -0.367 e. The van der Waals surface area contributed by atoms with Crippen LogP contribution in [0.5, 0.6) is 0 Å². The molecule has 1 aliphatic rings. The molecule has 0 aromatic heterocycles. The highest BCUT2D eigenvalue weighted by Crippen LogP contribution is 2.30. The predicted molar refractivity (Wildman–Crippen MR) is 71.4 cm³/mol. The van der Waals surface area contributed by atoms with Crippen molar-refractivity contribution in [3.8, 4) is 0 Å². The van der Waals surface area contributed by atoms with Crippen molar-refractivity contribution < 1.29 is 0 Å². The fraction of sp³-hybridized carbons (Fsp3) is 0.571. The molecule has 16 heavy (non-hydrogen) atoms. The summed E-state index contributed by atoms with van der Waals surface area (Å²) >= 11 is 6.46. The lowest BCUT2D eigenvalue weighted by Gasteiger charge is -2.38. The molecule has 1 aromatic carbocycles. The van der Waals surface area contributed by atoms with E-state index in [2.05, 4.69) is 42.2 Å². The molecule has 0 heterocycles. The largest absolute Gasteiger partial charge is 0.367 e. The van der Waals surface area contributed by atoms with Crippen LogP contribution in [-0.4, -0.2) is 18.0 Å². The predicted octanol–water partition coefficient (Wildman–Crippen LogP) is 4.06. The number of benzene rings is 1. The fourth-order valence-electron chi connectivity index (χ4n) is 2.65. The van der Waals surface area contributed by atoms with Crippen molar-refractivity contribution in [3.05, 3.63) is 30.3 Å². The molecule has 2 heteroatoms. The van der Waals surface area contributed by atoms with E-state index in [9.17, 15) is 0 Å². The van der Waals surface area contributed by atoms with E-state index in [0.29, 0.717) is 11.4 Å². The highest BCUT2D eigenvalue weighted by Gasteiger charge is 2.27. The van der Waals surface area contributed by atoms with Gasteiger partial charge in [0.15, 0.2) is 0 Å². The van der Waals surface area contributed by atoms with E-state index >= 15 is 0 Å². The van der Waals surface area contributed by atoms with Gasteiger partial charge in [-0.3, -0.25) is 0 Å². The highest BCUT2D eigenvalue weighted by molar-refractivity contribution is 6.21. The first-order chi connectivity index (χ1) is 7.83. The molecule has 0 saturated heterocycles. The molecule has 0 bridgehead atoms. The minimum atomic E-state index is 0.314. The Hall–Kier alpha value is -0.690. The number of anilines is 1. The summed E-state index contributed by atoms with van der Waals surface area (Å²) < 4.78 is 0. The quantitative estimate of drug-likeness (QED) is 0.717. The van der Waals surface area contributed by atoms with Crippen molar-refractivity contribution in [1.82, 2.24) is 0 Å². The van der Waals surface area contributed by atoms with Crippen LogP contribution in [-0.2, 0) is 0 Å². The van der Waals surface area contributed by atoms with Crippen molar-refractivity contribution in [3.63, 3.8) is 0 Å². The zero-order valence-corrected chi connectivity index (χ0v) is 10.7. The molecule has 0 aliphatic heterocycles.